The third-order valence-electron chi connectivity index (χ3n) is 11.5. The van der Waals surface area contributed by atoms with Gasteiger partial charge in [-0.15, -0.1) is 0 Å². The molecule has 0 amide bonds. The number of pyridine rings is 2. The van der Waals surface area contributed by atoms with Gasteiger partial charge in [0.05, 0.1) is 55.0 Å². The Balaban J connectivity index is 0.000000209. The number of hydrogen-bond acceptors (Lipinski definition) is 11. The van der Waals surface area contributed by atoms with E-state index in [9.17, 15) is 45.5 Å². The van der Waals surface area contributed by atoms with Crippen LogP contribution < -0.4 is 20.6 Å². The Hall–Kier alpha value is -7.64. The standard InChI is InChI=1S/C26H25F3N2O5.C25H23F3N2O5/c1-3-5-18-21(10-8-19-24(18)36-30-25(19)26(27,28)29)35-13-4-12-31-20-9-6-16(15-23(33)34-2)14-17(20)7-11-22(31)32;1-2-4-17-20(9-7-18-23(17)35-29-24(18)25(26,27)28)34-12-3-11-30-19-8-5-15(14-22(32)33)13-16(19)6-10-21(30)31/h6-11,14H,3-5,12-13,15H2,1-2H3;5-10,13H,2-4,11-12,14H2,1H3,(H,32,33). The highest BCUT2D eigenvalue weighted by molar-refractivity contribution is 5.86. The van der Waals surface area contributed by atoms with Crippen molar-refractivity contribution in [3.8, 4) is 11.5 Å². The van der Waals surface area contributed by atoms with Crippen LogP contribution in [0.15, 0.2) is 104 Å². The van der Waals surface area contributed by atoms with E-state index in [1.165, 1.54) is 43.5 Å². The van der Waals surface area contributed by atoms with E-state index < -0.39 is 29.7 Å². The molecule has 0 fully saturated rings. The van der Waals surface area contributed by atoms with Gasteiger partial charge in [0.25, 0.3) is 11.1 Å². The molecule has 8 rings (SSSR count). The maximum Gasteiger partial charge on any atom is 0.437 e. The van der Waals surface area contributed by atoms with Gasteiger partial charge >= 0.3 is 24.3 Å². The Kier molecular flexibility index (Phi) is 15.9. The van der Waals surface area contributed by atoms with Crippen LogP contribution in [0.5, 0.6) is 11.5 Å². The van der Waals surface area contributed by atoms with E-state index in [4.69, 9.17) is 28.4 Å². The average Bonchev–Trinajstić information content (AvgIpc) is 3.98. The number of carboxylic acids is 1. The van der Waals surface area contributed by atoms with E-state index in [2.05, 4.69) is 10.3 Å². The number of carbonyl (C=O) groups excluding carboxylic acids is 1. The van der Waals surface area contributed by atoms with Crippen LogP contribution in [-0.2, 0) is 65.5 Å². The van der Waals surface area contributed by atoms with Crippen LogP contribution in [0, 0.1) is 0 Å². The predicted molar refractivity (Wildman–Crippen MR) is 250 cm³/mol. The minimum atomic E-state index is -4.61. The highest BCUT2D eigenvalue weighted by Gasteiger charge is 2.39. The number of benzene rings is 4. The smallest absolute Gasteiger partial charge is 0.437 e. The Bertz CT molecular complexity index is 3340. The van der Waals surface area contributed by atoms with Gasteiger partial charge in [0.15, 0.2) is 22.6 Å². The molecule has 0 saturated carbocycles. The lowest BCUT2D eigenvalue weighted by molar-refractivity contribution is -0.142. The SMILES string of the molecule is CCCc1c(OCCCn2c(=O)ccc3cc(CC(=O)O)ccc32)ccc2c(C(F)(F)F)noc12.CCCc1c(OCCCn2c(=O)ccc3cc(CC(=O)OC)ccc32)ccc2c(C(F)(F)F)noc12. The van der Waals surface area contributed by atoms with Crippen molar-refractivity contribution in [2.45, 2.75) is 90.7 Å². The van der Waals surface area contributed by atoms with Gasteiger partial charge in [-0.3, -0.25) is 19.2 Å². The van der Waals surface area contributed by atoms with E-state index in [-0.39, 0.29) is 65.1 Å². The number of rotatable bonds is 18. The van der Waals surface area contributed by atoms with Gasteiger partial charge < -0.3 is 37.5 Å². The molecule has 0 aliphatic rings. The third kappa shape index (κ3) is 11.9. The molecule has 0 spiro atoms. The lowest BCUT2D eigenvalue weighted by Crippen LogP contribution is -2.20. The van der Waals surface area contributed by atoms with Crippen LogP contribution >= 0.6 is 0 Å². The quantitative estimate of drug-likeness (QED) is 0.0489. The number of carboxylic acid groups (broad SMARTS) is 1. The summed E-state index contributed by atoms with van der Waals surface area (Å²) in [6.07, 6.45) is -5.97. The van der Waals surface area contributed by atoms with Crippen LogP contribution in [-0.4, -0.2) is 56.8 Å². The molecule has 1 N–H and O–H groups in total. The lowest BCUT2D eigenvalue weighted by atomic mass is 10.0. The zero-order chi connectivity index (χ0) is 51.0. The van der Waals surface area contributed by atoms with Crippen molar-refractivity contribution in [2.75, 3.05) is 20.3 Å². The van der Waals surface area contributed by atoms with Crippen molar-refractivity contribution in [1.29, 1.82) is 0 Å². The number of methoxy groups -OCH3 is 1. The summed E-state index contributed by atoms with van der Waals surface area (Å²) in [6.45, 7) is 5.00. The number of alkyl halides is 6. The molecule has 4 heterocycles. The number of ether oxygens (including phenoxy) is 3. The van der Waals surface area contributed by atoms with Crippen LogP contribution in [0.1, 0.15) is 73.2 Å². The molecular formula is C51H48F6N4O10. The minimum Gasteiger partial charge on any atom is -0.493 e. The molecule has 0 saturated heterocycles. The number of fused-ring (bicyclic) bond motifs is 4. The number of halogens is 6. The zero-order valence-electron chi connectivity index (χ0n) is 38.7. The zero-order valence-corrected chi connectivity index (χ0v) is 38.7. The first-order valence-corrected chi connectivity index (χ1v) is 22.7. The Morgan fingerprint density at radius 2 is 1.06 bits per heavy atom. The van der Waals surface area contributed by atoms with E-state index in [1.807, 2.05) is 19.9 Å². The van der Waals surface area contributed by atoms with Gasteiger partial charge in [-0.1, -0.05) is 49.1 Å². The molecule has 0 unspecified atom stereocenters. The van der Waals surface area contributed by atoms with Crippen molar-refractivity contribution in [3.05, 3.63) is 139 Å². The van der Waals surface area contributed by atoms with Gasteiger partial charge in [-0.2, -0.15) is 26.3 Å². The van der Waals surface area contributed by atoms with E-state index in [0.29, 0.717) is 85.3 Å². The third-order valence-corrected chi connectivity index (χ3v) is 11.5. The number of esters is 1. The molecule has 0 aliphatic carbocycles. The number of aryl methyl sites for hydroxylation is 4. The van der Waals surface area contributed by atoms with Crippen LogP contribution in [0.3, 0.4) is 0 Å². The van der Waals surface area contributed by atoms with Crippen molar-refractivity contribution in [1.82, 2.24) is 19.4 Å². The number of aromatic nitrogens is 4. The molecule has 8 aromatic rings. The number of nitrogens with zero attached hydrogens (tertiary/aromatic N) is 4. The molecule has 20 heteroatoms. The number of carbonyl (C=O) groups is 2. The summed E-state index contributed by atoms with van der Waals surface area (Å²) in [4.78, 5) is 47.5. The molecule has 0 radical (unpaired) electrons. The van der Waals surface area contributed by atoms with Crippen molar-refractivity contribution in [3.63, 3.8) is 0 Å². The fourth-order valence-electron chi connectivity index (χ4n) is 8.35. The maximum atomic E-state index is 13.2. The van der Waals surface area contributed by atoms with Gasteiger partial charge in [0.1, 0.15) is 11.5 Å². The Labute approximate surface area is 400 Å². The first-order chi connectivity index (χ1) is 33.9. The van der Waals surface area contributed by atoms with E-state index in [0.717, 1.165) is 21.9 Å². The summed E-state index contributed by atoms with van der Waals surface area (Å²) >= 11 is 0. The lowest BCUT2D eigenvalue weighted by Gasteiger charge is -2.14. The summed E-state index contributed by atoms with van der Waals surface area (Å²) in [6, 6.07) is 22.5. The van der Waals surface area contributed by atoms with Gasteiger partial charge in [-0.25, -0.2) is 0 Å². The average molecular weight is 991 g/mol. The first-order valence-electron chi connectivity index (χ1n) is 22.7. The minimum absolute atomic E-state index is 0.0686. The fraction of sp³-hybridized carbons (Fsp3) is 0.333. The molecule has 71 heavy (non-hydrogen) atoms. The predicted octanol–water partition coefficient (Wildman–Crippen LogP) is 10.5. The van der Waals surface area contributed by atoms with Gasteiger partial charge in [-0.05, 0) is 108 Å². The second kappa shape index (κ2) is 22.0. The Morgan fingerprint density at radius 1 is 0.620 bits per heavy atom. The molecule has 4 aromatic heterocycles. The van der Waals surface area contributed by atoms with Gasteiger partial charge in [0, 0.05) is 36.3 Å². The molecule has 4 aromatic carbocycles. The van der Waals surface area contributed by atoms with Crippen LogP contribution in [0.25, 0.3) is 43.7 Å². The van der Waals surface area contributed by atoms with E-state index >= 15 is 0 Å². The molecule has 0 aliphatic heterocycles. The number of hydrogen-bond donors (Lipinski definition) is 1. The Morgan fingerprint density at radius 3 is 1.45 bits per heavy atom. The summed E-state index contributed by atoms with van der Waals surface area (Å²) in [7, 11) is 1.33. The second-order valence-electron chi connectivity index (χ2n) is 16.6. The second-order valence-corrected chi connectivity index (χ2v) is 16.6. The first kappa shape index (κ1) is 51.2. The maximum absolute atomic E-state index is 13.2. The number of aliphatic carboxylic acids is 1. The molecule has 14 nitrogen and oxygen atoms in total. The highest BCUT2D eigenvalue weighted by Crippen LogP contribution is 2.40. The summed E-state index contributed by atoms with van der Waals surface area (Å²) < 4.78 is 109. The molecular weight excluding hydrogens is 943 g/mol. The topological polar surface area (TPSA) is 178 Å². The van der Waals surface area contributed by atoms with Gasteiger partial charge in [0.2, 0.25) is 0 Å². The molecule has 0 bridgehead atoms. The fourth-order valence-corrected chi connectivity index (χ4v) is 8.35. The van der Waals surface area contributed by atoms with Crippen LogP contribution in [0.2, 0.25) is 0 Å². The largest absolute Gasteiger partial charge is 0.493 e. The van der Waals surface area contributed by atoms with E-state index in [1.54, 1.807) is 51.6 Å². The molecule has 0 atom stereocenters. The van der Waals surface area contributed by atoms with Crippen molar-refractivity contribution < 1.29 is 64.3 Å². The molecule has 374 valence electrons. The highest BCUT2D eigenvalue weighted by atomic mass is 19.4. The summed E-state index contributed by atoms with van der Waals surface area (Å²) in [5, 5.41) is 16.8. The van der Waals surface area contributed by atoms with Crippen molar-refractivity contribution in [2.24, 2.45) is 0 Å². The monoisotopic (exact) mass is 990 g/mol. The van der Waals surface area contributed by atoms with Crippen molar-refractivity contribution >= 4 is 55.7 Å². The normalized spacial score (nSPS) is 11.8. The van der Waals surface area contributed by atoms with Crippen LogP contribution in [0.4, 0.5) is 26.3 Å². The summed E-state index contributed by atoms with van der Waals surface area (Å²) in [5.41, 5.74) is 1.57. The summed E-state index contributed by atoms with van der Waals surface area (Å²) in [5.74, 6) is -0.421.